The molecule has 0 radical (unpaired) electrons. The van der Waals surface area contributed by atoms with Gasteiger partial charge in [0.05, 0.1) is 0 Å². The second kappa shape index (κ2) is 5.07. The third-order valence-corrected chi connectivity index (χ3v) is 3.90. The van der Waals surface area contributed by atoms with Crippen molar-refractivity contribution >= 4 is 27.3 Å². The minimum absolute atomic E-state index is 0.300. The highest BCUT2D eigenvalue weighted by atomic mass is 79.9. The van der Waals surface area contributed by atoms with E-state index in [1.807, 2.05) is 11.4 Å². The van der Waals surface area contributed by atoms with Gasteiger partial charge in [0.1, 0.15) is 6.04 Å². The van der Waals surface area contributed by atoms with Crippen molar-refractivity contribution in [2.45, 2.75) is 25.8 Å². The quantitative estimate of drug-likeness (QED) is 0.943. The van der Waals surface area contributed by atoms with E-state index in [2.05, 4.69) is 33.0 Å². The number of hydrogen-bond acceptors (Lipinski definition) is 5. The molecule has 2 heterocycles. The average molecular weight is 302 g/mol. The van der Waals surface area contributed by atoms with Crippen LogP contribution in [0.15, 0.2) is 20.4 Å². The molecule has 0 bridgehead atoms. The maximum atomic E-state index is 6.04. The van der Waals surface area contributed by atoms with Crippen LogP contribution in [0.1, 0.15) is 36.0 Å². The number of thiophene rings is 1. The standard InChI is InChI=1S/C10H12BrN3OS/c1-2-3-8-13-10(14-15-8)9(12)7-4-6(11)5-16-7/h4-5,9H,2-3,12H2,1H3. The van der Waals surface area contributed by atoms with Crippen molar-refractivity contribution in [1.82, 2.24) is 10.1 Å². The normalized spacial score (nSPS) is 12.9. The van der Waals surface area contributed by atoms with E-state index in [0.717, 1.165) is 22.2 Å². The highest BCUT2D eigenvalue weighted by Crippen LogP contribution is 2.27. The minimum atomic E-state index is -0.300. The molecule has 0 aliphatic rings. The van der Waals surface area contributed by atoms with Gasteiger partial charge in [-0.05, 0) is 28.4 Å². The molecule has 0 fully saturated rings. The van der Waals surface area contributed by atoms with Crippen molar-refractivity contribution in [2.75, 3.05) is 0 Å². The molecule has 2 rings (SSSR count). The van der Waals surface area contributed by atoms with Gasteiger partial charge in [-0.3, -0.25) is 0 Å². The summed E-state index contributed by atoms with van der Waals surface area (Å²) in [5.41, 5.74) is 6.04. The molecule has 0 aliphatic heterocycles. The van der Waals surface area contributed by atoms with Gasteiger partial charge in [0.15, 0.2) is 5.82 Å². The molecule has 0 spiro atoms. The van der Waals surface area contributed by atoms with Gasteiger partial charge in [0, 0.05) is 21.2 Å². The first-order valence-electron chi connectivity index (χ1n) is 5.02. The van der Waals surface area contributed by atoms with Crippen molar-refractivity contribution in [3.63, 3.8) is 0 Å². The lowest BCUT2D eigenvalue weighted by Gasteiger charge is -2.01. The predicted molar refractivity (Wildman–Crippen MR) is 66.3 cm³/mol. The van der Waals surface area contributed by atoms with Crippen molar-refractivity contribution in [3.8, 4) is 0 Å². The number of aromatic nitrogens is 2. The Bertz CT molecular complexity index is 468. The van der Waals surface area contributed by atoms with E-state index in [9.17, 15) is 0 Å². The SMILES string of the molecule is CCCc1nc(C(N)c2cc(Br)cs2)no1. The summed E-state index contributed by atoms with van der Waals surface area (Å²) in [5, 5.41) is 5.89. The van der Waals surface area contributed by atoms with Crippen LogP contribution in [0.2, 0.25) is 0 Å². The molecule has 0 saturated carbocycles. The Morgan fingerprint density at radius 2 is 2.44 bits per heavy atom. The van der Waals surface area contributed by atoms with Crippen LogP contribution in [0.3, 0.4) is 0 Å². The molecule has 2 aromatic rings. The van der Waals surface area contributed by atoms with Gasteiger partial charge in [-0.2, -0.15) is 4.98 Å². The van der Waals surface area contributed by atoms with Crippen LogP contribution in [0.5, 0.6) is 0 Å². The first-order valence-corrected chi connectivity index (χ1v) is 6.70. The Labute approximate surface area is 106 Å². The van der Waals surface area contributed by atoms with Crippen molar-refractivity contribution in [2.24, 2.45) is 5.73 Å². The van der Waals surface area contributed by atoms with Crippen LogP contribution in [-0.4, -0.2) is 10.1 Å². The smallest absolute Gasteiger partial charge is 0.226 e. The number of nitrogens with two attached hydrogens (primary N) is 1. The molecule has 0 amide bonds. The predicted octanol–water partition coefficient (Wildman–Crippen LogP) is 2.89. The molecule has 86 valence electrons. The van der Waals surface area contributed by atoms with Crippen LogP contribution in [0, 0.1) is 0 Å². The van der Waals surface area contributed by atoms with Crippen molar-refractivity contribution in [1.29, 1.82) is 0 Å². The van der Waals surface area contributed by atoms with E-state index in [-0.39, 0.29) is 6.04 Å². The fraction of sp³-hybridized carbons (Fsp3) is 0.400. The molecule has 0 aliphatic carbocycles. The molecule has 0 saturated heterocycles. The fourth-order valence-electron chi connectivity index (χ4n) is 1.33. The second-order valence-corrected chi connectivity index (χ2v) is 5.30. The number of nitrogens with zero attached hydrogens (tertiary/aromatic N) is 2. The van der Waals surface area contributed by atoms with E-state index in [4.69, 9.17) is 10.3 Å². The summed E-state index contributed by atoms with van der Waals surface area (Å²) in [6.07, 6.45) is 1.79. The first-order chi connectivity index (χ1) is 7.70. The summed E-state index contributed by atoms with van der Waals surface area (Å²) >= 11 is 4.98. The highest BCUT2D eigenvalue weighted by Gasteiger charge is 2.17. The van der Waals surface area contributed by atoms with Crippen LogP contribution in [-0.2, 0) is 6.42 Å². The van der Waals surface area contributed by atoms with E-state index < -0.39 is 0 Å². The molecule has 4 nitrogen and oxygen atoms in total. The van der Waals surface area contributed by atoms with Gasteiger partial charge in [0.25, 0.3) is 0 Å². The number of aryl methyl sites for hydroxylation is 1. The second-order valence-electron chi connectivity index (χ2n) is 3.44. The maximum absolute atomic E-state index is 6.04. The minimum Gasteiger partial charge on any atom is -0.339 e. The molecular weight excluding hydrogens is 290 g/mol. The number of halogens is 1. The lowest BCUT2D eigenvalue weighted by molar-refractivity contribution is 0.370. The van der Waals surface area contributed by atoms with E-state index in [0.29, 0.717) is 11.7 Å². The molecule has 2 aromatic heterocycles. The van der Waals surface area contributed by atoms with Gasteiger partial charge in [0.2, 0.25) is 5.89 Å². The van der Waals surface area contributed by atoms with Gasteiger partial charge in [-0.25, -0.2) is 0 Å². The van der Waals surface area contributed by atoms with Gasteiger partial charge in [-0.1, -0.05) is 12.1 Å². The largest absolute Gasteiger partial charge is 0.339 e. The van der Waals surface area contributed by atoms with E-state index in [1.54, 1.807) is 11.3 Å². The molecule has 1 unspecified atom stereocenters. The topological polar surface area (TPSA) is 64.9 Å². The van der Waals surface area contributed by atoms with Gasteiger partial charge in [-0.15, -0.1) is 11.3 Å². The van der Waals surface area contributed by atoms with Gasteiger partial charge < -0.3 is 10.3 Å². The lowest BCUT2D eigenvalue weighted by Crippen LogP contribution is -2.12. The van der Waals surface area contributed by atoms with Crippen molar-refractivity contribution in [3.05, 3.63) is 32.5 Å². The monoisotopic (exact) mass is 301 g/mol. The molecule has 1 atom stereocenters. The molecular formula is C10H12BrN3OS. The zero-order valence-electron chi connectivity index (χ0n) is 8.81. The molecule has 6 heteroatoms. The number of hydrogen-bond donors (Lipinski definition) is 1. The highest BCUT2D eigenvalue weighted by molar-refractivity contribution is 9.10. The molecule has 16 heavy (non-hydrogen) atoms. The summed E-state index contributed by atoms with van der Waals surface area (Å²) in [6.45, 7) is 2.07. The van der Waals surface area contributed by atoms with Gasteiger partial charge >= 0.3 is 0 Å². The number of rotatable bonds is 4. The van der Waals surface area contributed by atoms with E-state index >= 15 is 0 Å². The van der Waals surface area contributed by atoms with E-state index in [1.165, 1.54) is 0 Å². The van der Waals surface area contributed by atoms with Crippen LogP contribution in [0.4, 0.5) is 0 Å². The summed E-state index contributed by atoms with van der Waals surface area (Å²) < 4.78 is 6.13. The average Bonchev–Trinajstić information content (AvgIpc) is 2.87. The van der Waals surface area contributed by atoms with Crippen LogP contribution < -0.4 is 5.73 Å². The summed E-state index contributed by atoms with van der Waals surface area (Å²) in [4.78, 5) is 5.30. The lowest BCUT2D eigenvalue weighted by atomic mass is 10.2. The Morgan fingerprint density at radius 3 is 3.06 bits per heavy atom. The van der Waals surface area contributed by atoms with Crippen LogP contribution in [0.25, 0.3) is 0 Å². The van der Waals surface area contributed by atoms with Crippen LogP contribution >= 0.6 is 27.3 Å². The fourth-order valence-corrected chi connectivity index (χ4v) is 2.77. The Morgan fingerprint density at radius 1 is 1.62 bits per heavy atom. The maximum Gasteiger partial charge on any atom is 0.226 e. The summed E-state index contributed by atoms with van der Waals surface area (Å²) in [5.74, 6) is 1.21. The summed E-state index contributed by atoms with van der Waals surface area (Å²) in [6, 6.07) is 1.68. The Kier molecular flexibility index (Phi) is 3.73. The molecule has 0 aromatic carbocycles. The van der Waals surface area contributed by atoms with Crippen molar-refractivity contribution < 1.29 is 4.52 Å². The third kappa shape index (κ3) is 2.50. The summed E-state index contributed by atoms with van der Waals surface area (Å²) in [7, 11) is 0. The third-order valence-electron chi connectivity index (χ3n) is 2.12. The Balaban J connectivity index is 2.17. The zero-order valence-corrected chi connectivity index (χ0v) is 11.2. The zero-order chi connectivity index (χ0) is 11.5. The molecule has 2 N–H and O–H groups in total. The Hall–Kier alpha value is -0.720. The first kappa shape index (κ1) is 11.8.